The van der Waals surface area contributed by atoms with Crippen LogP contribution in [0.3, 0.4) is 0 Å². The van der Waals surface area contributed by atoms with Gasteiger partial charge in [0, 0.05) is 154 Å². The summed E-state index contributed by atoms with van der Waals surface area (Å²) in [4.78, 5) is 88.6. The molecule has 0 aliphatic carbocycles. The van der Waals surface area contributed by atoms with Gasteiger partial charge in [0.05, 0.1) is 18.5 Å². The summed E-state index contributed by atoms with van der Waals surface area (Å²) in [6.45, 7) is 15.0. The molecule has 0 saturated heterocycles. The lowest BCUT2D eigenvalue weighted by atomic mass is 10.4. The summed E-state index contributed by atoms with van der Waals surface area (Å²) in [5.41, 5.74) is 58.5. The third-order valence-corrected chi connectivity index (χ3v) is 17.1. The van der Waals surface area contributed by atoms with Gasteiger partial charge in [-0.25, -0.2) is 20.2 Å². The van der Waals surface area contributed by atoms with E-state index < -0.39 is 11.7 Å². The number of nitrogens with zero attached hydrogens (tertiary/aromatic N) is 23. The molecule has 0 aromatic carbocycles. The van der Waals surface area contributed by atoms with E-state index >= 15 is 0 Å². The Morgan fingerprint density at radius 2 is 0.933 bits per heavy atom. The van der Waals surface area contributed by atoms with E-state index in [1.807, 2.05) is 103 Å². The largest absolute Gasteiger partial charge is 0.440 e. The number of nitrogen functional groups attached to an aromatic ring is 1. The molecule has 0 radical (unpaired) electrons. The molecule has 57 heteroatoms. The molecule has 53 nitrogen and oxygen atoms in total. The summed E-state index contributed by atoms with van der Waals surface area (Å²) in [5, 5.41) is 58.4. The Labute approximate surface area is 706 Å². The van der Waals surface area contributed by atoms with E-state index in [1.165, 1.54) is 23.9 Å². The molecule has 0 spiro atoms. The van der Waals surface area contributed by atoms with Gasteiger partial charge in [0.1, 0.15) is 11.3 Å². The lowest BCUT2D eigenvalue weighted by molar-refractivity contribution is -0.191. The Morgan fingerprint density at radius 3 is 1.29 bits per heavy atom. The van der Waals surface area contributed by atoms with Gasteiger partial charge in [0.15, 0.2) is 22.1 Å². The first-order valence-corrected chi connectivity index (χ1v) is 39.7. The van der Waals surface area contributed by atoms with Crippen molar-refractivity contribution < 1.29 is 23.0 Å². The minimum Gasteiger partial charge on any atom is -0.368 e. The maximum atomic E-state index is 12.7. The SMILES string of the molecule is CN(CCCN)c1cc(=O)[nH]o1.CN(CCCN)c1cc(=O)[nH]s1.CN(CCCN)c1cn[nH]n1.CN(CCCN)c1cn[nH]n1.CN(CCCN)c1n[nH][nH]c1=S.CN(CCCN)c1n[nH]c(N)n1.CN(CCCN)c1n[nH]nc1F.CN(CCCN)c1ncn[nH]1.CN(CCCN)c1noc(=O)[nH]1.CN(CCCN)c1ns[nH]c1=O.O=C=O. The maximum absolute atomic E-state index is 12.7. The molecule has 0 bridgehead atoms. The third kappa shape index (κ3) is 49.0. The average molecular weight is 1760 g/mol. The summed E-state index contributed by atoms with van der Waals surface area (Å²) in [5.74, 6) is 4.83. The van der Waals surface area contributed by atoms with Crippen molar-refractivity contribution >= 4 is 105 Å². The van der Waals surface area contributed by atoms with Crippen LogP contribution in [0.5, 0.6) is 0 Å². The van der Waals surface area contributed by atoms with Crippen LogP contribution in [-0.4, -0.2) is 328 Å². The highest BCUT2D eigenvalue weighted by Gasteiger charge is 2.13. The highest BCUT2D eigenvalue weighted by atomic mass is 32.1. The summed E-state index contributed by atoms with van der Waals surface area (Å²) >= 11 is 7.41. The van der Waals surface area contributed by atoms with Crippen molar-refractivity contribution in [3.05, 3.63) is 83.1 Å². The van der Waals surface area contributed by atoms with Crippen LogP contribution in [0.4, 0.5) is 68.2 Å². The lowest BCUT2D eigenvalue weighted by Crippen LogP contribution is -2.25. The Bertz CT molecular complexity index is 3980. The fourth-order valence-electron chi connectivity index (χ4n) is 8.64. The molecule has 0 saturated carbocycles. The van der Waals surface area contributed by atoms with Crippen LogP contribution in [0.25, 0.3) is 0 Å². The third-order valence-electron chi connectivity index (χ3n) is 15.3. The summed E-state index contributed by atoms with van der Waals surface area (Å²) in [6, 6.07) is 3.01. The predicted octanol–water partition coefficient (Wildman–Crippen LogP) is -3.92. The highest BCUT2D eigenvalue weighted by molar-refractivity contribution is 7.71. The van der Waals surface area contributed by atoms with Crippen molar-refractivity contribution in [1.82, 2.24) is 120 Å². The molecule has 10 heterocycles. The lowest BCUT2D eigenvalue weighted by Gasteiger charge is -2.14. The van der Waals surface area contributed by atoms with Gasteiger partial charge in [-0.1, -0.05) is 12.2 Å². The molecule has 0 aliphatic rings. The van der Waals surface area contributed by atoms with E-state index in [9.17, 15) is 23.6 Å². The fourth-order valence-corrected chi connectivity index (χ4v) is 10.1. The van der Waals surface area contributed by atoms with Crippen LogP contribution in [0, 0.1) is 10.6 Å². The minimum absolute atomic E-state index is 0.0328. The highest BCUT2D eigenvalue weighted by Crippen LogP contribution is 2.15. The molecule has 0 amide bonds. The molecule has 0 aliphatic heterocycles. The van der Waals surface area contributed by atoms with Gasteiger partial charge >= 0.3 is 17.5 Å². The van der Waals surface area contributed by atoms with Gasteiger partial charge in [0.2, 0.25) is 41.3 Å². The number of rotatable bonds is 40. The van der Waals surface area contributed by atoms with Crippen molar-refractivity contribution in [3.8, 4) is 0 Å². The monoisotopic (exact) mass is 1760 g/mol. The van der Waals surface area contributed by atoms with Gasteiger partial charge in [-0.3, -0.25) is 37.7 Å². The molecular weight excluding hydrogens is 1630 g/mol. The van der Waals surface area contributed by atoms with Crippen LogP contribution < -0.4 is 135 Å². The van der Waals surface area contributed by atoms with Crippen molar-refractivity contribution in [2.45, 2.75) is 64.2 Å². The smallest absolute Gasteiger partial charge is 0.368 e. The van der Waals surface area contributed by atoms with Crippen molar-refractivity contribution in [2.24, 2.45) is 57.3 Å². The van der Waals surface area contributed by atoms with Crippen molar-refractivity contribution in [1.29, 1.82) is 0 Å². The van der Waals surface area contributed by atoms with Gasteiger partial charge in [0.25, 0.3) is 17.1 Å². The van der Waals surface area contributed by atoms with E-state index in [0.29, 0.717) is 106 Å². The van der Waals surface area contributed by atoms with Crippen LogP contribution in [-0.2, 0) is 9.59 Å². The Balaban J connectivity index is 0.00000131. The Morgan fingerprint density at radius 1 is 0.483 bits per heavy atom. The van der Waals surface area contributed by atoms with E-state index in [-0.39, 0.29) is 28.6 Å². The second-order valence-electron chi connectivity index (χ2n) is 25.1. The maximum Gasteiger partial charge on any atom is 0.440 e. The van der Waals surface area contributed by atoms with Crippen LogP contribution >= 0.6 is 35.5 Å². The molecule has 120 heavy (non-hydrogen) atoms. The Hall–Kier alpha value is -11.5. The molecule has 678 valence electrons. The topological polar surface area (TPSA) is 789 Å². The number of aromatic amines is 11. The number of halogens is 1. The number of carbonyl (C=O) groups excluding carboxylic acids is 2. The molecule has 0 atom stereocenters. The van der Waals surface area contributed by atoms with Crippen LogP contribution in [0.15, 0.2) is 59.1 Å². The van der Waals surface area contributed by atoms with Gasteiger partial charge < -0.3 is 117 Å². The standard InChI is InChI=1S/C7H13N3O2.C7H13N3OS.C6H12FN5.C6H14N6.C6H13N5S.3C6H13N5.C6H12N4O2.C6H12N4OS.CO2/c2*1-10(4-2-3-8)7-5-6(11)9-12-7;1-12(4-2-3-8)6-5(7)9-11-10-6;1-12(4-2-3-7)6-9-5(8)10-11-6;1-11(4-2-3-7)5-6(12)9-10-8-5;1-11(4-2-3-7)6-8-5-9-10-6;2*1-11(4-2-3-7)6-5-8-10-9-6;1-10(4-2-3-7)5-8-6(11)12-9-5;1-10(4-2-3-7)5-6(11)9-12-8-5;2-1-3/h2*5H,2-4,8H2,1H3,(H,9,11);2-4,8H2,1H3,(H,9,10,11);2-4,7H2,1H3,(H3,8,9,10,11);2-4,7H2,1H3,(H2,8,9,10,12);3*5H,2-4,7H2,1H3,(H,8,9,10);2-4,7H2,1H3,(H,8,9,11);2-4,7H2,1H3,(H,9,11);. The quantitative estimate of drug-likeness (QED) is 0.0163. The molecule has 0 unspecified atom stereocenters. The van der Waals surface area contributed by atoms with Crippen molar-refractivity contribution in [3.63, 3.8) is 0 Å². The molecule has 10 aromatic heterocycles. The summed E-state index contributed by atoms with van der Waals surface area (Å²) in [7, 11) is 18.9. The first-order chi connectivity index (χ1) is 57.6. The fraction of sp³-hybridized carbons (Fsp3) is 0.635. The first kappa shape index (κ1) is 109. The number of H-pyrrole nitrogens is 11. The number of nitrogens with one attached hydrogen (secondary N) is 11. The van der Waals surface area contributed by atoms with E-state index in [4.69, 9.17) is 89.4 Å². The molecular formula is C63H128FN45O8S3. The van der Waals surface area contributed by atoms with Crippen LogP contribution in [0.1, 0.15) is 64.2 Å². The van der Waals surface area contributed by atoms with Gasteiger partial charge in [-0.15, -0.1) is 30.6 Å². The average Bonchev–Trinajstić information content (AvgIpc) is 1.78. The van der Waals surface area contributed by atoms with Gasteiger partial charge in [-0.05, 0) is 146 Å². The zero-order chi connectivity index (χ0) is 89.8. The van der Waals surface area contributed by atoms with E-state index in [0.717, 1.165) is 163 Å². The summed E-state index contributed by atoms with van der Waals surface area (Å²) < 4.78 is 31.7. The van der Waals surface area contributed by atoms with Crippen LogP contribution in [0.2, 0.25) is 0 Å². The predicted molar refractivity (Wildman–Crippen MR) is 469 cm³/mol. The zero-order valence-electron chi connectivity index (χ0n) is 70.1. The Kier molecular flexibility index (Phi) is 61.9. The second-order valence-corrected chi connectivity index (χ2v) is 26.9. The number of hydrogen-bond donors (Lipinski definition) is 22. The number of nitrogens with two attached hydrogens (primary N) is 11. The molecule has 10 aromatic rings. The van der Waals surface area contributed by atoms with E-state index in [2.05, 4.69) is 125 Å². The van der Waals surface area contributed by atoms with Crippen molar-refractivity contribution in [2.75, 3.05) is 256 Å². The molecule has 33 N–H and O–H groups in total. The normalized spacial score (nSPS) is 9.94. The summed E-state index contributed by atoms with van der Waals surface area (Å²) in [6.07, 6.45) is 14.3. The second kappa shape index (κ2) is 68.4. The minimum atomic E-state index is -0.575. The number of anilines is 11. The first-order valence-electron chi connectivity index (χ1n) is 37.7. The number of hydrogen-bond acceptors (Lipinski definition) is 45. The van der Waals surface area contributed by atoms with E-state index in [1.54, 1.807) is 35.3 Å². The zero-order valence-corrected chi connectivity index (χ0v) is 72.6. The molecule has 10 rings (SSSR count). The number of aromatic nitrogens is 24. The molecule has 0 fully saturated rings. The van der Waals surface area contributed by atoms with Gasteiger partial charge in [-0.2, -0.15) is 64.4 Å².